The number of ether oxygens (including phenoxy) is 2. The molecule has 1 saturated heterocycles. The van der Waals surface area contributed by atoms with Crippen LogP contribution < -0.4 is 5.32 Å². The first-order valence-electron chi connectivity index (χ1n) is 8.37. The van der Waals surface area contributed by atoms with Crippen LogP contribution in [0, 0.1) is 5.92 Å². The van der Waals surface area contributed by atoms with E-state index in [-0.39, 0.29) is 5.97 Å². The topological polar surface area (TPSA) is 63.2 Å². The maximum Gasteiger partial charge on any atom is 0.337 e. The first-order valence-corrected chi connectivity index (χ1v) is 8.37. The van der Waals surface area contributed by atoms with E-state index in [0.29, 0.717) is 18.0 Å². The lowest BCUT2D eigenvalue weighted by Gasteiger charge is -2.21. The molecule has 1 N–H and O–H groups in total. The number of hydrogen-bond donors (Lipinski definition) is 1. The van der Waals surface area contributed by atoms with Crippen molar-refractivity contribution in [3.63, 3.8) is 0 Å². The van der Waals surface area contributed by atoms with Crippen molar-refractivity contribution in [2.75, 3.05) is 40.5 Å². The van der Waals surface area contributed by atoms with E-state index in [1.54, 1.807) is 19.2 Å². The first-order chi connectivity index (χ1) is 11.7. The van der Waals surface area contributed by atoms with Crippen molar-refractivity contribution < 1.29 is 14.3 Å². The van der Waals surface area contributed by atoms with Gasteiger partial charge in [0.15, 0.2) is 5.96 Å². The Kier molecular flexibility index (Phi) is 7.06. The summed E-state index contributed by atoms with van der Waals surface area (Å²) in [6.45, 7) is 6.26. The maximum absolute atomic E-state index is 11.5. The molecule has 1 atom stereocenters. The summed E-state index contributed by atoms with van der Waals surface area (Å²) in [6, 6.07) is 7.37. The highest BCUT2D eigenvalue weighted by molar-refractivity contribution is 5.89. The van der Waals surface area contributed by atoms with Crippen LogP contribution in [0.1, 0.15) is 29.3 Å². The highest BCUT2D eigenvalue weighted by atomic mass is 16.5. The molecular formula is C18H27N3O3. The van der Waals surface area contributed by atoms with Crippen molar-refractivity contribution in [1.29, 1.82) is 0 Å². The molecule has 1 aromatic rings. The molecule has 1 aromatic carbocycles. The number of carbonyl (C=O) groups is 1. The zero-order valence-corrected chi connectivity index (χ0v) is 14.7. The number of rotatable bonds is 6. The summed E-state index contributed by atoms with van der Waals surface area (Å²) in [7, 11) is 3.13. The molecule has 1 unspecified atom stereocenters. The molecule has 2 rings (SSSR count). The molecular weight excluding hydrogens is 306 g/mol. The zero-order valence-electron chi connectivity index (χ0n) is 14.7. The largest absolute Gasteiger partial charge is 0.465 e. The molecule has 1 heterocycles. The fourth-order valence-electron chi connectivity index (χ4n) is 2.85. The summed E-state index contributed by atoms with van der Waals surface area (Å²) in [6.07, 6.45) is 1.13. The van der Waals surface area contributed by atoms with E-state index in [1.165, 1.54) is 7.11 Å². The van der Waals surface area contributed by atoms with E-state index >= 15 is 0 Å². The normalized spacial score (nSPS) is 17.9. The van der Waals surface area contributed by atoms with Gasteiger partial charge < -0.3 is 19.7 Å². The van der Waals surface area contributed by atoms with Crippen LogP contribution in [0.3, 0.4) is 0 Å². The lowest BCUT2D eigenvalue weighted by molar-refractivity contribution is 0.0600. The van der Waals surface area contributed by atoms with Crippen molar-refractivity contribution in [2.45, 2.75) is 19.9 Å². The fourth-order valence-corrected chi connectivity index (χ4v) is 2.85. The number of esters is 1. The minimum absolute atomic E-state index is 0.320. The smallest absolute Gasteiger partial charge is 0.337 e. The number of benzene rings is 1. The number of nitrogens with one attached hydrogen (secondary N) is 1. The van der Waals surface area contributed by atoms with Gasteiger partial charge in [-0.15, -0.1) is 0 Å². The number of nitrogens with zero attached hydrogens (tertiary/aromatic N) is 2. The highest BCUT2D eigenvalue weighted by Crippen LogP contribution is 2.16. The molecule has 0 spiro atoms. The first kappa shape index (κ1) is 18.3. The van der Waals surface area contributed by atoms with Crippen molar-refractivity contribution >= 4 is 11.9 Å². The van der Waals surface area contributed by atoms with Gasteiger partial charge in [-0.1, -0.05) is 12.1 Å². The van der Waals surface area contributed by atoms with Crippen LogP contribution in [0.2, 0.25) is 0 Å². The average Bonchev–Trinajstić information content (AvgIpc) is 3.07. The predicted molar refractivity (Wildman–Crippen MR) is 94.2 cm³/mol. The lowest BCUT2D eigenvalue weighted by atomic mass is 10.1. The van der Waals surface area contributed by atoms with Crippen LogP contribution in [0.5, 0.6) is 0 Å². The predicted octanol–water partition coefficient (Wildman–Crippen LogP) is 1.91. The third-order valence-electron chi connectivity index (χ3n) is 4.11. The number of methoxy groups -OCH3 is 2. The number of carbonyl (C=O) groups excluding carboxylic acids is 1. The Morgan fingerprint density at radius 3 is 2.71 bits per heavy atom. The Hall–Kier alpha value is -2.08. The second-order valence-electron chi connectivity index (χ2n) is 5.91. The molecule has 24 heavy (non-hydrogen) atoms. The minimum atomic E-state index is -0.320. The lowest BCUT2D eigenvalue weighted by Crippen LogP contribution is -2.40. The van der Waals surface area contributed by atoms with Gasteiger partial charge in [-0.25, -0.2) is 9.79 Å². The average molecular weight is 333 g/mol. The highest BCUT2D eigenvalue weighted by Gasteiger charge is 2.24. The summed E-state index contributed by atoms with van der Waals surface area (Å²) >= 11 is 0. The second kappa shape index (κ2) is 9.27. The zero-order chi connectivity index (χ0) is 17.4. The van der Waals surface area contributed by atoms with Gasteiger partial charge in [0.1, 0.15) is 0 Å². The van der Waals surface area contributed by atoms with Gasteiger partial charge in [0.2, 0.25) is 0 Å². The van der Waals surface area contributed by atoms with E-state index in [4.69, 9.17) is 14.5 Å². The fraction of sp³-hybridized carbons (Fsp3) is 0.556. The minimum Gasteiger partial charge on any atom is -0.465 e. The molecule has 1 fully saturated rings. The monoisotopic (exact) mass is 333 g/mol. The molecule has 0 radical (unpaired) electrons. The molecule has 0 saturated carbocycles. The van der Waals surface area contributed by atoms with Gasteiger partial charge in [0.25, 0.3) is 0 Å². The molecule has 1 aliphatic rings. The Morgan fingerprint density at radius 2 is 2.08 bits per heavy atom. The SMILES string of the molecule is CCNC(=NCc1ccc(C(=O)OC)cc1)N1CCC(COC)C1. The molecule has 6 heteroatoms. The molecule has 0 amide bonds. The summed E-state index contributed by atoms with van der Waals surface area (Å²) < 4.78 is 9.97. The Morgan fingerprint density at radius 1 is 1.33 bits per heavy atom. The quantitative estimate of drug-likeness (QED) is 0.489. The van der Waals surface area contributed by atoms with E-state index in [1.807, 2.05) is 12.1 Å². The molecule has 132 valence electrons. The van der Waals surface area contributed by atoms with Gasteiger partial charge in [-0.05, 0) is 31.0 Å². The van der Waals surface area contributed by atoms with E-state index in [9.17, 15) is 4.79 Å². The summed E-state index contributed by atoms with van der Waals surface area (Å²) in [5.74, 6) is 1.19. The third-order valence-corrected chi connectivity index (χ3v) is 4.11. The van der Waals surface area contributed by atoms with Crippen molar-refractivity contribution in [2.24, 2.45) is 10.9 Å². The summed E-state index contributed by atoms with van der Waals surface area (Å²) in [5, 5.41) is 3.36. The molecule has 6 nitrogen and oxygen atoms in total. The summed E-state index contributed by atoms with van der Waals surface area (Å²) in [4.78, 5) is 18.5. The van der Waals surface area contributed by atoms with Gasteiger partial charge in [0, 0.05) is 32.7 Å². The second-order valence-corrected chi connectivity index (χ2v) is 5.91. The van der Waals surface area contributed by atoms with Crippen molar-refractivity contribution in [3.8, 4) is 0 Å². The van der Waals surface area contributed by atoms with Crippen LogP contribution in [-0.2, 0) is 16.0 Å². The Labute approximate surface area is 143 Å². The van der Waals surface area contributed by atoms with Crippen molar-refractivity contribution in [3.05, 3.63) is 35.4 Å². The van der Waals surface area contributed by atoms with Crippen LogP contribution in [0.15, 0.2) is 29.3 Å². The van der Waals surface area contributed by atoms with Crippen molar-refractivity contribution in [1.82, 2.24) is 10.2 Å². The molecule has 1 aliphatic heterocycles. The molecule has 0 aliphatic carbocycles. The van der Waals surface area contributed by atoms with Gasteiger partial charge in [0.05, 0.1) is 25.8 Å². The maximum atomic E-state index is 11.5. The van der Waals surface area contributed by atoms with Crippen LogP contribution in [0.4, 0.5) is 0 Å². The van der Waals surface area contributed by atoms with Gasteiger partial charge >= 0.3 is 5.97 Å². The Bertz CT molecular complexity index is 557. The van der Waals surface area contributed by atoms with E-state index in [0.717, 1.165) is 44.2 Å². The standard InChI is InChI=1S/C18H27N3O3/c1-4-19-18(21-10-9-15(12-21)13-23-2)20-11-14-5-7-16(8-6-14)17(22)24-3/h5-8,15H,4,9-13H2,1-3H3,(H,19,20). The van der Waals surface area contributed by atoms with Crippen LogP contribution in [-0.4, -0.2) is 57.3 Å². The molecule has 0 bridgehead atoms. The number of likely N-dealkylation sites (tertiary alicyclic amines) is 1. The van der Waals surface area contributed by atoms with Crippen LogP contribution in [0.25, 0.3) is 0 Å². The number of hydrogen-bond acceptors (Lipinski definition) is 4. The number of aliphatic imine (C=N–C) groups is 1. The third kappa shape index (κ3) is 4.96. The van der Waals surface area contributed by atoms with Crippen LogP contribution >= 0.6 is 0 Å². The van der Waals surface area contributed by atoms with E-state index < -0.39 is 0 Å². The Balaban J connectivity index is 1.99. The van der Waals surface area contributed by atoms with Gasteiger partial charge in [-0.2, -0.15) is 0 Å². The number of guanidine groups is 1. The summed E-state index contributed by atoms with van der Waals surface area (Å²) in [5.41, 5.74) is 1.62. The van der Waals surface area contributed by atoms with Gasteiger partial charge in [-0.3, -0.25) is 0 Å². The molecule has 0 aromatic heterocycles. The van der Waals surface area contributed by atoms with E-state index in [2.05, 4.69) is 17.1 Å².